The van der Waals surface area contributed by atoms with Crippen molar-refractivity contribution in [1.82, 2.24) is 25.4 Å². The van der Waals surface area contributed by atoms with Gasteiger partial charge >= 0.3 is 0 Å². The lowest BCUT2D eigenvalue weighted by atomic mass is 9.74. The fraction of sp³-hybridized carbons (Fsp3) is 0.550. The van der Waals surface area contributed by atoms with Crippen LogP contribution in [-0.2, 0) is 23.1 Å². The van der Waals surface area contributed by atoms with Gasteiger partial charge in [-0.3, -0.25) is 4.99 Å². The first kappa shape index (κ1) is 20.3. The van der Waals surface area contributed by atoms with E-state index in [2.05, 4.69) is 32.7 Å². The van der Waals surface area contributed by atoms with Crippen LogP contribution in [0.25, 0.3) is 0 Å². The van der Waals surface area contributed by atoms with E-state index >= 15 is 0 Å². The topological polar surface area (TPSA) is 76.4 Å². The van der Waals surface area contributed by atoms with Gasteiger partial charge in [-0.15, -0.1) is 10.2 Å². The van der Waals surface area contributed by atoms with E-state index in [-0.39, 0.29) is 11.2 Å². The summed E-state index contributed by atoms with van der Waals surface area (Å²) < 4.78 is 21.0. The molecule has 0 saturated carbocycles. The molecule has 2 N–H and O–H groups in total. The third kappa shape index (κ3) is 4.86. The lowest BCUT2D eigenvalue weighted by molar-refractivity contribution is 0.0513. The van der Waals surface area contributed by atoms with E-state index in [4.69, 9.17) is 4.74 Å². The largest absolute Gasteiger partial charge is 0.381 e. The summed E-state index contributed by atoms with van der Waals surface area (Å²) in [5.41, 5.74) is 1.05. The molecule has 1 saturated heterocycles. The highest BCUT2D eigenvalue weighted by molar-refractivity contribution is 5.79. The molecule has 1 fully saturated rings. The summed E-state index contributed by atoms with van der Waals surface area (Å²) in [6.45, 7) is 5.69. The van der Waals surface area contributed by atoms with Gasteiger partial charge in [-0.05, 0) is 30.5 Å². The standard InChI is InChI=1S/C20H29FN6O/c1-3-18-26-25-15-27(18)11-10-23-19(22-2)24-14-20(8-12-28-13-9-20)16-4-6-17(21)7-5-16/h4-7,15H,3,8-14H2,1-2H3,(H2,22,23,24). The molecule has 28 heavy (non-hydrogen) atoms. The average Bonchev–Trinajstić information content (AvgIpc) is 3.19. The van der Waals surface area contributed by atoms with E-state index in [1.165, 1.54) is 12.1 Å². The fourth-order valence-electron chi connectivity index (χ4n) is 3.64. The summed E-state index contributed by atoms with van der Waals surface area (Å²) in [5.74, 6) is 1.51. The fourth-order valence-corrected chi connectivity index (χ4v) is 3.64. The van der Waals surface area contributed by atoms with Gasteiger partial charge in [0.1, 0.15) is 18.0 Å². The summed E-state index contributed by atoms with van der Waals surface area (Å²) in [7, 11) is 1.76. The van der Waals surface area contributed by atoms with Crippen LogP contribution in [0.5, 0.6) is 0 Å². The Labute approximate surface area is 165 Å². The molecular formula is C20H29FN6O. The highest BCUT2D eigenvalue weighted by Gasteiger charge is 2.34. The molecule has 0 radical (unpaired) electrons. The lowest BCUT2D eigenvalue weighted by Gasteiger charge is -2.38. The quantitative estimate of drug-likeness (QED) is 0.560. The second kappa shape index (κ2) is 9.64. The molecule has 0 spiro atoms. The SMILES string of the molecule is CCc1nncn1CCNC(=NC)NCC1(c2ccc(F)cc2)CCOCC1. The maximum Gasteiger partial charge on any atom is 0.191 e. The molecule has 0 bridgehead atoms. The molecule has 1 aromatic carbocycles. The normalized spacial score (nSPS) is 16.8. The van der Waals surface area contributed by atoms with Gasteiger partial charge in [-0.1, -0.05) is 19.1 Å². The maximum atomic E-state index is 13.4. The Kier molecular flexibility index (Phi) is 6.97. The van der Waals surface area contributed by atoms with E-state index in [9.17, 15) is 4.39 Å². The second-order valence-corrected chi connectivity index (χ2v) is 7.05. The van der Waals surface area contributed by atoms with E-state index in [0.29, 0.717) is 19.8 Å². The second-order valence-electron chi connectivity index (χ2n) is 7.05. The van der Waals surface area contributed by atoms with Gasteiger partial charge in [0.15, 0.2) is 5.96 Å². The number of aromatic nitrogens is 3. The maximum absolute atomic E-state index is 13.4. The van der Waals surface area contributed by atoms with E-state index in [1.54, 1.807) is 13.4 Å². The van der Waals surface area contributed by atoms with Crippen molar-refractivity contribution in [1.29, 1.82) is 0 Å². The minimum Gasteiger partial charge on any atom is -0.381 e. The molecule has 0 unspecified atom stereocenters. The number of hydrogen-bond acceptors (Lipinski definition) is 4. The number of aryl methyl sites for hydroxylation is 1. The summed E-state index contributed by atoms with van der Waals surface area (Å²) >= 11 is 0. The van der Waals surface area contributed by atoms with Crippen LogP contribution in [0.4, 0.5) is 4.39 Å². The van der Waals surface area contributed by atoms with Crippen molar-refractivity contribution in [3.8, 4) is 0 Å². The molecule has 3 rings (SSSR count). The Hall–Kier alpha value is -2.48. The van der Waals surface area contributed by atoms with Crippen LogP contribution < -0.4 is 10.6 Å². The predicted octanol–water partition coefficient (Wildman–Crippen LogP) is 1.89. The van der Waals surface area contributed by atoms with Crippen molar-refractivity contribution >= 4 is 5.96 Å². The van der Waals surface area contributed by atoms with Gasteiger partial charge in [-0.2, -0.15) is 0 Å². The van der Waals surface area contributed by atoms with Gasteiger partial charge in [0.2, 0.25) is 0 Å². The molecule has 0 aliphatic carbocycles. The molecule has 0 atom stereocenters. The lowest BCUT2D eigenvalue weighted by Crippen LogP contribution is -2.48. The molecule has 1 aliphatic heterocycles. The average molecular weight is 388 g/mol. The van der Waals surface area contributed by atoms with Crippen molar-refractivity contribution in [2.24, 2.45) is 4.99 Å². The van der Waals surface area contributed by atoms with Crippen LogP contribution in [0.15, 0.2) is 35.6 Å². The van der Waals surface area contributed by atoms with Gasteiger partial charge in [-0.25, -0.2) is 4.39 Å². The van der Waals surface area contributed by atoms with Crippen LogP contribution in [0.3, 0.4) is 0 Å². The zero-order valence-corrected chi connectivity index (χ0v) is 16.6. The molecule has 152 valence electrons. The molecule has 8 heteroatoms. The number of hydrogen-bond donors (Lipinski definition) is 2. The number of halogens is 1. The number of nitrogens with zero attached hydrogens (tertiary/aromatic N) is 4. The highest BCUT2D eigenvalue weighted by Crippen LogP contribution is 2.34. The first-order valence-electron chi connectivity index (χ1n) is 9.82. The summed E-state index contributed by atoms with van der Waals surface area (Å²) in [6, 6.07) is 6.84. The number of guanidine groups is 1. The van der Waals surface area contributed by atoms with Gasteiger partial charge in [0, 0.05) is 51.7 Å². The van der Waals surface area contributed by atoms with Crippen molar-refractivity contribution in [3.05, 3.63) is 47.8 Å². The Morgan fingerprint density at radius 1 is 1.25 bits per heavy atom. The Bertz CT molecular complexity index is 767. The molecule has 7 nitrogen and oxygen atoms in total. The number of nitrogens with one attached hydrogen (secondary N) is 2. The van der Waals surface area contributed by atoms with Crippen molar-refractivity contribution in [2.45, 2.75) is 38.1 Å². The van der Waals surface area contributed by atoms with Crippen LogP contribution in [0, 0.1) is 5.82 Å². The third-order valence-corrected chi connectivity index (χ3v) is 5.38. The van der Waals surface area contributed by atoms with Crippen LogP contribution >= 0.6 is 0 Å². The molecule has 2 heterocycles. The van der Waals surface area contributed by atoms with Gasteiger partial charge in [0.25, 0.3) is 0 Å². The van der Waals surface area contributed by atoms with E-state index in [0.717, 1.165) is 49.7 Å². The Morgan fingerprint density at radius 2 is 2.00 bits per heavy atom. The Morgan fingerprint density at radius 3 is 2.68 bits per heavy atom. The van der Waals surface area contributed by atoms with Crippen LogP contribution in [0.2, 0.25) is 0 Å². The molecular weight excluding hydrogens is 359 g/mol. The molecule has 2 aromatic rings. The van der Waals surface area contributed by atoms with Gasteiger partial charge in [0.05, 0.1) is 0 Å². The molecule has 1 aliphatic rings. The number of rotatable bonds is 7. The number of benzene rings is 1. The number of aliphatic imine (C=N–C) groups is 1. The first-order valence-corrected chi connectivity index (χ1v) is 9.82. The number of ether oxygens (including phenoxy) is 1. The molecule has 0 amide bonds. The van der Waals surface area contributed by atoms with Gasteiger partial charge < -0.3 is 19.9 Å². The molecule has 1 aromatic heterocycles. The minimum absolute atomic E-state index is 0.0901. The summed E-state index contributed by atoms with van der Waals surface area (Å²) in [5, 5.41) is 14.9. The van der Waals surface area contributed by atoms with E-state index in [1.807, 2.05) is 16.7 Å². The third-order valence-electron chi connectivity index (χ3n) is 5.38. The highest BCUT2D eigenvalue weighted by atomic mass is 19.1. The summed E-state index contributed by atoms with van der Waals surface area (Å²) in [4.78, 5) is 4.34. The first-order chi connectivity index (χ1) is 13.7. The Balaban J connectivity index is 1.59. The van der Waals surface area contributed by atoms with Crippen molar-refractivity contribution in [2.75, 3.05) is 33.4 Å². The van der Waals surface area contributed by atoms with Crippen LogP contribution in [-0.4, -0.2) is 54.1 Å². The monoisotopic (exact) mass is 388 g/mol. The summed E-state index contributed by atoms with van der Waals surface area (Å²) in [6.07, 6.45) is 4.39. The zero-order chi connectivity index (χ0) is 19.8. The zero-order valence-electron chi connectivity index (χ0n) is 16.6. The predicted molar refractivity (Wildman–Crippen MR) is 107 cm³/mol. The van der Waals surface area contributed by atoms with Crippen molar-refractivity contribution < 1.29 is 9.13 Å². The van der Waals surface area contributed by atoms with E-state index < -0.39 is 0 Å². The van der Waals surface area contributed by atoms with Crippen LogP contribution in [0.1, 0.15) is 31.2 Å². The smallest absolute Gasteiger partial charge is 0.191 e. The minimum atomic E-state index is -0.211. The van der Waals surface area contributed by atoms with Crippen molar-refractivity contribution in [3.63, 3.8) is 0 Å².